The van der Waals surface area contributed by atoms with Gasteiger partial charge in [0, 0.05) is 5.56 Å². The highest BCUT2D eigenvalue weighted by Crippen LogP contribution is 2.25. The van der Waals surface area contributed by atoms with Gasteiger partial charge in [-0.1, -0.05) is 36.4 Å². The van der Waals surface area contributed by atoms with Gasteiger partial charge >= 0.3 is 0 Å². The van der Waals surface area contributed by atoms with Crippen LogP contribution in [0.15, 0.2) is 48.5 Å². The molecule has 92 valence electrons. The van der Waals surface area contributed by atoms with Crippen LogP contribution >= 0.6 is 0 Å². The Kier molecular flexibility index (Phi) is 3.75. The average molecular weight is 241 g/mol. The molecule has 3 heteroatoms. The summed E-state index contributed by atoms with van der Waals surface area (Å²) in [5.41, 5.74) is 7.96. The Morgan fingerprint density at radius 1 is 1.11 bits per heavy atom. The number of hydrogen-bond acceptors (Lipinski definition) is 3. The predicted molar refractivity (Wildman–Crippen MR) is 71.8 cm³/mol. The van der Waals surface area contributed by atoms with E-state index >= 15 is 0 Å². The second kappa shape index (κ2) is 5.47. The van der Waals surface area contributed by atoms with Gasteiger partial charge in [-0.05, 0) is 23.3 Å². The molecule has 2 aromatic rings. The molecule has 0 aliphatic heterocycles. The fraction of sp³-hybridized carbons (Fsp3) is 0.133. The number of carbonyl (C=O) groups excluding carboxylic acids is 1. The minimum atomic E-state index is -0.0542. The van der Waals surface area contributed by atoms with E-state index in [0.717, 1.165) is 16.9 Å². The fourth-order valence-corrected chi connectivity index (χ4v) is 1.86. The summed E-state index contributed by atoms with van der Waals surface area (Å²) in [6, 6.07) is 15.1. The molecule has 3 nitrogen and oxygen atoms in total. The summed E-state index contributed by atoms with van der Waals surface area (Å²) < 4.78 is 5.12. The Labute approximate surface area is 106 Å². The third-order valence-electron chi connectivity index (χ3n) is 2.81. The first-order chi connectivity index (χ1) is 8.76. The molecule has 0 spiro atoms. The zero-order valence-corrected chi connectivity index (χ0v) is 10.2. The molecular formula is C15H15NO2. The zero-order valence-electron chi connectivity index (χ0n) is 10.2. The number of benzene rings is 2. The molecule has 2 aromatic carbocycles. The third-order valence-corrected chi connectivity index (χ3v) is 2.81. The van der Waals surface area contributed by atoms with Crippen molar-refractivity contribution in [2.24, 2.45) is 5.73 Å². The zero-order chi connectivity index (χ0) is 13.0. The molecule has 0 saturated heterocycles. The maximum Gasteiger partial charge on any atom is 0.176 e. The van der Waals surface area contributed by atoms with Crippen LogP contribution in [0.25, 0.3) is 11.1 Å². The van der Waals surface area contributed by atoms with Crippen molar-refractivity contribution >= 4 is 5.78 Å². The molecule has 0 aliphatic carbocycles. The van der Waals surface area contributed by atoms with Crippen molar-refractivity contribution in [1.29, 1.82) is 0 Å². The summed E-state index contributed by atoms with van der Waals surface area (Å²) in [7, 11) is 1.63. The molecule has 0 atom stereocenters. The minimum absolute atomic E-state index is 0.0210. The molecule has 0 radical (unpaired) electrons. The van der Waals surface area contributed by atoms with E-state index in [-0.39, 0.29) is 12.3 Å². The molecule has 2 rings (SSSR count). The highest BCUT2D eigenvalue weighted by molar-refractivity contribution is 6.03. The summed E-state index contributed by atoms with van der Waals surface area (Å²) in [4.78, 5) is 11.8. The smallest absolute Gasteiger partial charge is 0.176 e. The maximum atomic E-state index is 11.8. The standard InChI is InChI=1S/C15H15NO2/c1-18-12-8-6-11(7-9-12)13-4-2-3-5-14(13)15(17)10-16/h2-9H,10,16H2,1H3. The summed E-state index contributed by atoms with van der Waals surface area (Å²) in [5.74, 6) is 0.739. The topological polar surface area (TPSA) is 52.3 Å². The monoisotopic (exact) mass is 241 g/mol. The first-order valence-corrected chi connectivity index (χ1v) is 5.73. The lowest BCUT2D eigenvalue weighted by Gasteiger charge is -2.08. The molecule has 0 saturated carbocycles. The van der Waals surface area contributed by atoms with E-state index in [4.69, 9.17) is 10.5 Å². The molecule has 0 fully saturated rings. The minimum Gasteiger partial charge on any atom is -0.497 e. The highest BCUT2D eigenvalue weighted by Gasteiger charge is 2.10. The Bertz CT molecular complexity index is 547. The van der Waals surface area contributed by atoms with Gasteiger partial charge < -0.3 is 10.5 Å². The second-order valence-corrected chi connectivity index (χ2v) is 3.90. The lowest BCUT2D eigenvalue weighted by Crippen LogP contribution is -2.14. The molecule has 0 heterocycles. The second-order valence-electron chi connectivity index (χ2n) is 3.90. The summed E-state index contributed by atoms with van der Waals surface area (Å²) in [6.07, 6.45) is 0. The molecule has 18 heavy (non-hydrogen) atoms. The predicted octanol–water partition coefficient (Wildman–Crippen LogP) is 2.50. The van der Waals surface area contributed by atoms with Crippen LogP contribution in [0.3, 0.4) is 0 Å². The molecule has 0 aromatic heterocycles. The Morgan fingerprint density at radius 2 is 1.78 bits per heavy atom. The average Bonchev–Trinajstić information content (AvgIpc) is 2.46. The Balaban J connectivity index is 2.46. The van der Waals surface area contributed by atoms with E-state index in [9.17, 15) is 4.79 Å². The van der Waals surface area contributed by atoms with Crippen LogP contribution in [0.1, 0.15) is 10.4 Å². The van der Waals surface area contributed by atoms with Gasteiger partial charge in [-0.3, -0.25) is 4.79 Å². The SMILES string of the molecule is COc1ccc(-c2ccccc2C(=O)CN)cc1. The van der Waals surface area contributed by atoms with Crippen molar-refractivity contribution in [2.75, 3.05) is 13.7 Å². The van der Waals surface area contributed by atoms with E-state index in [2.05, 4.69) is 0 Å². The number of ether oxygens (including phenoxy) is 1. The number of Topliss-reactive ketones (excluding diaryl/α,β-unsaturated/α-hetero) is 1. The normalized spacial score (nSPS) is 10.1. The van der Waals surface area contributed by atoms with Crippen molar-refractivity contribution in [1.82, 2.24) is 0 Å². The Hall–Kier alpha value is -2.13. The van der Waals surface area contributed by atoms with Crippen molar-refractivity contribution in [3.05, 3.63) is 54.1 Å². The van der Waals surface area contributed by atoms with Crippen LogP contribution in [0, 0.1) is 0 Å². The molecule has 0 bridgehead atoms. The van der Waals surface area contributed by atoms with Crippen molar-refractivity contribution in [2.45, 2.75) is 0 Å². The molecule has 0 unspecified atom stereocenters. The van der Waals surface area contributed by atoms with Gasteiger partial charge in [0.25, 0.3) is 0 Å². The van der Waals surface area contributed by atoms with Crippen LogP contribution in [-0.4, -0.2) is 19.4 Å². The lowest BCUT2D eigenvalue weighted by atomic mass is 9.97. The third kappa shape index (κ3) is 2.41. The number of methoxy groups -OCH3 is 1. The van der Waals surface area contributed by atoms with Gasteiger partial charge in [-0.2, -0.15) is 0 Å². The number of ketones is 1. The van der Waals surface area contributed by atoms with Crippen molar-refractivity contribution < 1.29 is 9.53 Å². The van der Waals surface area contributed by atoms with Crippen LogP contribution in [0.4, 0.5) is 0 Å². The van der Waals surface area contributed by atoms with Gasteiger partial charge in [0.05, 0.1) is 13.7 Å². The summed E-state index contributed by atoms with van der Waals surface area (Å²) in [6.45, 7) is 0.0210. The first kappa shape index (κ1) is 12.3. The van der Waals surface area contributed by atoms with E-state index < -0.39 is 0 Å². The Morgan fingerprint density at radius 3 is 2.39 bits per heavy atom. The van der Waals surface area contributed by atoms with Gasteiger partial charge in [-0.15, -0.1) is 0 Å². The first-order valence-electron chi connectivity index (χ1n) is 5.73. The molecule has 0 aliphatic rings. The summed E-state index contributed by atoms with van der Waals surface area (Å²) >= 11 is 0. The fourth-order valence-electron chi connectivity index (χ4n) is 1.86. The molecular weight excluding hydrogens is 226 g/mol. The maximum absolute atomic E-state index is 11.8. The van der Waals surface area contributed by atoms with Gasteiger partial charge in [0.1, 0.15) is 5.75 Å². The van der Waals surface area contributed by atoms with E-state index in [0.29, 0.717) is 5.56 Å². The van der Waals surface area contributed by atoms with Gasteiger partial charge in [0.15, 0.2) is 5.78 Å². The van der Waals surface area contributed by atoms with Crippen LogP contribution in [0.2, 0.25) is 0 Å². The van der Waals surface area contributed by atoms with Crippen molar-refractivity contribution in [3.63, 3.8) is 0 Å². The largest absolute Gasteiger partial charge is 0.497 e. The van der Waals surface area contributed by atoms with E-state index in [1.807, 2.05) is 42.5 Å². The van der Waals surface area contributed by atoms with Crippen molar-refractivity contribution in [3.8, 4) is 16.9 Å². The number of hydrogen-bond donors (Lipinski definition) is 1. The highest BCUT2D eigenvalue weighted by atomic mass is 16.5. The van der Waals surface area contributed by atoms with Crippen LogP contribution in [-0.2, 0) is 0 Å². The van der Waals surface area contributed by atoms with Crippen LogP contribution in [0.5, 0.6) is 5.75 Å². The van der Waals surface area contributed by atoms with Gasteiger partial charge in [0.2, 0.25) is 0 Å². The quantitative estimate of drug-likeness (QED) is 0.837. The number of rotatable bonds is 4. The lowest BCUT2D eigenvalue weighted by molar-refractivity contribution is 0.100. The molecule has 0 amide bonds. The van der Waals surface area contributed by atoms with Gasteiger partial charge in [-0.25, -0.2) is 0 Å². The summed E-state index contributed by atoms with van der Waals surface area (Å²) in [5, 5.41) is 0. The molecule has 2 N–H and O–H groups in total. The van der Waals surface area contributed by atoms with E-state index in [1.165, 1.54) is 0 Å². The number of nitrogens with two attached hydrogens (primary N) is 1. The van der Waals surface area contributed by atoms with Crippen LogP contribution < -0.4 is 10.5 Å². The van der Waals surface area contributed by atoms with E-state index in [1.54, 1.807) is 13.2 Å². The number of carbonyl (C=O) groups is 1.